The van der Waals surface area contributed by atoms with Crippen molar-refractivity contribution in [3.8, 4) is 0 Å². The molecule has 0 fully saturated rings. The maximum Gasteiger partial charge on any atom is 0.146 e. The van der Waals surface area contributed by atoms with Crippen LogP contribution in [-0.2, 0) is 13.6 Å². The molecule has 0 saturated heterocycles. The van der Waals surface area contributed by atoms with Gasteiger partial charge in [-0.05, 0) is 20.8 Å². The number of aromatic nitrogens is 3. The Hall–Kier alpha value is -0.900. The maximum absolute atomic E-state index is 3.97. The number of aryl methyl sites for hydroxylation is 1. The summed E-state index contributed by atoms with van der Waals surface area (Å²) in [4.78, 5) is 0. The average Bonchev–Trinajstić information content (AvgIpc) is 2.29. The largest absolute Gasteiger partial charge is 0.320 e. The van der Waals surface area contributed by atoms with Crippen molar-refractivity contribution < 1.29 is 0 Å². The van der Waals surface area contributed by atoms with Gasteiger partial charge in [-0.3, -0.25) is 0 Å². The minimum Gasteiger partial charge on any atom is -0.320 e. The Morgan fingerprint density at radius 3 is 2.58 bits per heavy atom. The molecule has 0 spiro atoms. The summed E-state index contributed by atoms with van der Waals surface area (Å²) in [6, 6.07) is 0. The van der Waals surface area contributed by atoms with Crippen molar-refractivity contribution in [1.82, 2.24) is 20.1 Å². The quantitative estimate of drug-likeness (QED) is 0.707. The number of rotatable bonds is 2. The predicted molar refractivity (Wildman–Crippen MR) is 47.6 cm³/mol. The molecule has 1 aromatic heterocycles. The molecule has 0 amide bonds. The van der Waals surface area contributed by atoms with Crippen LogP contribution in [-0.4, -0.2) is 20.3 Å². The van der Waals surface area contributed by atoms with Gasteiger partial charge in [0.05, 0.1) is 6.54 Å². The zero-order valence-electron chi connectivity index (χ0n) is 8.13. The molecule has 0 unspecified atom stereocenters. The molecule has 0 radical (unpaired) electrons. The molecule has 0 aliphatic carbocycles. The lowest BCUT2D eigenvalue weighted by Crippen LogP contribution is -2.35. The van der Waals surface area contributed by atoms with Crippen molar-refractivity contribution in [2.45, 2.75) is 32.9 Å². The molecule has 4 nitrogen and oxygen atoms in total. The third-order valence-electron chi connectivity index (χ3n) is 1.58. The smallest absolute Gasteiger partial charge is 0.146 e. The van der Waals surface area contributed by atoms with Gasteiger partial charge in [0, 0.05) is 12.6 Å². The van der Waals surface area contributed by atoms with Gasteiger partial charge in [-0.15, -0.1) is 10.2 Å². The Morgan fingerprint density at radius 1 is 1.50 bits per heavy atom. The predicted octanol–water partition coefficient (Wildman–Crippen LogP) is 0.703. The Bertz CT molecular complexity index is 246. The number of nitrogens with zero attached hydrogens (tertiary/aromatic N) is 3. The van der Waals surface area contributed by atoms with Crippen LogP contribution in [0.2, 0.25) is 0 Å². The first-order valence-electron chi connectivity index (χ1n) is 4.07. The van der Waals surface area contributed by atoms with Crippen molar-refractivity contribution in [3.63, 3.8) is 0 Å². The summed E-state index contributed by atoms with van der Waals surface area (Å²) in [5.74, 6) is 0.963. The van der Waals surface area contributed by atoms with Crippen LogP contribution < -0.4 is 5.32 Å². The molecular formula is C8H16N4. The van der Waals surface area contributed by atoms with E-state index >= 15 is 0 Å². The lowest BCUT2D eigenvalue weighted by atomic mass is 10.1. The molecule has 4 heteroatoms. The van der Waals surface area contributed by atoms with E-state index in [1.807, 2.05) is 11.6 Å². The van der Waals surface area contributed by atoms with Crippen LogP contribution in [0, 0.1) is 0 Å². The van der Waals surface area contributed by atoms with Crippen molar-refractivity contribution in [2.24, 2.45) is 7.05 Å². The standard InChI is InChI=1S/C8H16N4/c1-8(2,3)9-5-7-11-10-6-12(7)4/h6,9H,5H2,1-4H3. The topological polar surface area (TPSA) is 42.7 Å². The summed E-state index contributed by atoms with van der Waals surface area (Å²) in [5, 5.41) is 11.1. The third-order valence-corrected chi connectivity index (χ3v) is 1.58. The SMILES string of the molecule is Cn1cnnc1CNC(C)(C)C. The van der Waals surface area contributed by atoms with Crippen LogP contribution in [0.1, 0.15) is 26.6 Å². The maximum atomic E-state index is 3.97. The highest BCUT2D eigenvalue weighted by Gasteiger charge is 2.09. The highest BCUT2D eigenvalue weighted by atomic mass is 15.3. The molecule has 1 aromatic rings. The number of hydrogen-bond acceptors (Lipinski definition) is 3. The molecule has 0 saturated carbocycles. The van der Waals surface area contributed by atoms with Crippen LogP contribution in [0.5, 0.6) is 0 Å². The summed E-state index contributed by atoms with van der Waals surface area (Å²) in [6.45, 7) is 7.15. The van der Waals surface area contributed by atoms with E-state index in [4.69, 9.17) is 0 Å². The lowest BCUT2D eigenvalue weighted by Gasteiger charge is -2.19. The van der Waals surface area contributed by atoms with Gasteiger partial charge in [-0.2, -0.15) is 0 Å². The Morgan fingerprint density at radius 2 is 2.17 bits per heavy atom. The van der Waals surface area contributed by atoms with Gasteiger partial charge in [0.15, 0.2) is 0 Å². The van der Waals surface area contributed by atoms with E-state index < -0.39 is 0 Å². The first-order valence-corrected chi connectivity index (χ1v) is 4.07. The fourth-order valence-electron chi connectivity index (χ4n) is 0.811. The molecule has 1 N–H and O–H groups in total. The molecule has 1 rings (SSSR count). The number of nitrogens with one attached hydrogen (secondary N) is 1. The molecule has 0 aliphatic heterocycles. The highest BCUT2D eigenvalue weighted by molar-refractivity contribution is 4.85. The lowest BCUT2D eigenvalue weighted by molar-refractivity contribution is 0.414. The van der Waals surface area contributed by atoms with E-state index in [-0.39, 0.29) is 5.54 Å². The van der Waals surface area contributed by atoms with Gasteiger partial charge in [0.25, 0.3) is 0 Å². The second-order valence-electron chi connectivity index (χ2n) is 3.96. The van der Waals surface area contributed by atoms with Gasteiger partial charge in [0.1, 0.15) is 12.2 Å². The molecule has 0 aliphatic rings. The Kier molecular flexibility index (Phi) is 2.47. The van der Waals surface area contributed by atoms with Crippen molar-refractivity contribution >= 4 is 0 Å². The van der Waals surface area contributed by atoms with E-state index in [9.17, 15) is 0 Å². The van der Waals surface area contributed by atoms with Gasteiger partial charge in [-0.25, -0.2) is 0 Å². The van der Waals surface area contributed by atoms with Crippen LogP contribution in [0.4, 0.5) is 0 Å². The molecule has 0 atom stereocenters. The third kappa shape index (κ3) is 2.62. The fourth-order valence-corrected chi connectivity index (χ4v) is 0.811. The zero-order chi connectivity index (χ0) is 9.19. The van der Waals surface area contributed by atoms with Crippen LogP contribution in [0.15, 0.2) is 6.33 Å². The molecule has 68 valence electrons. The fraction of sp³-hybridized carbons (Fsp3) is 0.750. The van der Waals surface area contributed by atoms with E-state index in [0.717, 1.165) is 12.4 Å². The Balaban J connectivity index is 2.49. The van der Waals surface area contributed by atoms with Crippen molar-refractivity contribution in [1.29, 1.82) is 0 Å². The average molecular weight is 168 g/mol. The highest BCUT2D eigenvalue weighted by Crippen LogP contribution is 2.00. The summed E-state index contributed by atoms with van der Waals surface area (Å²) < 4.78 is 1.92. The van der Waals surface area contributed by atoms with E-state index in [1.54, 1.807) is 6.33 Å². The first kappa shape index (κ1) is 9.19. The minimum atomic E-state index is 0.131. The molecular weight excluding hydrogens is 152 g/mol. The summed E-state index contributed by atoms with van der Waals surface area (Å²) in [5.41, 5.74) is 0.131. The van der Waals surface area contributed by atoms with Crippen LogP contribution in [0.25, 0.3) is 0 Å². The molecule has 0 bridgehead atoms. The van der Waals surface area contributed by atoms with Crippen molar-refractivity contribution in [3.05, 3.63) is 12.2 Å². The zero-order valence-corrected chi connectivity index (χ0v) is 8.13. The van der Waals surface area contributed by atoms with Gasteiger partial charge < -0.3 is 9.88 Å². The van der Waals surface area contributed by atoms with E-state index in [1.165, 1.54) is 0 Å². The first-order chi connectivity index (χ1) is 5.49. The summed E-state index contributed by atoms with van der Waals surface area (Å²) in [6.07, 6.45) is 1.71. The van der Waals surface area contributed by atoms with Gasteiger partial charge >= 0.3 is 0 Å². The van der Waals surface area contributed by atoms with Gasteiger partial charge in [-0.1, -0.05) is 0 Å². The monoisotopic (exact) mass is 168 g/mol. The minimum absolute atomic E-state index is 0.131. The molecule has 0 aromatic carbocycles. The number of hydrogen-bond donors (Lipinski definition) is 1. The van der Waals surface area contributed by atoms with Gasteiger partial charge in [0.2, 0.25) is 0 Å². The molecule has 12 heavy (non-hydrogen) atoms. The summed E-state index contributed by atoms with van der Waals surface area (Å²) in [7, 11) is 1.94. The van der Waals surface area contributed by atoms with E-state index in [2.05, 4.69) is 36.3 Å². The Labute approximate surface area is 73.0 Å². The van der Waals surface area contributed by atoms with Crippen molar-refractivity contribution in [2.75, 3.05) is 0 Å². The van der Waals surface area contributed by atoms with Crippen LogP contribution in [0.3, 0.4) is 0 Å². The summed E-state index contributed by atoms with van der Waals surface area (Å²) >= 11 is 0. The molecule has 1 heterocycles. The van der Waals surface area contributed by atoms with E-state index in [0.29, 0.717) is 0 Å². The normalized spacial score (nSPS) is 12.0. The second kappa shape index (κ2) is 3.23. The second-order valence-corrected chi connectivity index (χ2v) is 3.96. The van der Waals surface area contributed by atoms with Crippen LogP contribution >= 0.6 is 0 Å².